The summed E-state index contributed by atoms with van der Waals surface area (Å²) in [6.07, 6.45) is 2.09. The molecule has 128 valence electrons. The average molecular weight is 347 g/mol. The van der Waals surface area contributed by atoms with Crippen LogP contribution in [0.15, 0.2) is 22.0 Å². The number of aryl methyl sites for hydroxylation is 2. The number of aromatic nitrogens is 1. The molecule has 0 radical (unpaired) electrons. The second-order valence-electron chi connectivity index (χ2n) is 6.08. The molecule has 0 unspecified atom stereocenters. The predicted molar refractivity (Wildman–Crippen MR) is 90.7 cm³/mol. The molecule has 3 heterocycles. The van der Waals surface area contributed by atoms with E-state index < -0.39 is 0 Å². The fourth-order valence-corrected chi connectivity index (χ4v) is 3.91. The molecule has 0 aromatic carbocycles. The van der Waals surface area contributed by atoms with Gasteiger partial charge in [0.2, 0.25) is 11.8 Å². The van der Waals surface area contributed by atoms with E-state index in [0.717, 1.165) is 21.9 Å². The zero-order valence-corrected chi connectivity index (χ0v) is 14.6. The van der Waals surface area contributed by atoms with Gasteiger partial charge in [-0.3, -0.25) is 9.59 Å². The van der Waals surface area contributed by atoms with Crippen molar-refractivity contribution < 1.29 is 14.1 Å². The van der Waals surface area contributed by atoms with Gasteiger partial charge in [-0.2, -0.15) is 0 Å². The van der Waals surface area contributed by atoms with Gasteiger partial charge in [-0.15, -0.1) is 11.3 Å². The molecule has 2 aromatic rings. The Bertz CT molecular complexity index is 704. The first-order chi connectivity index (χ1) is 11.5. The van der Waals surface area contributed by atoms with Crippen LogP contribution in [0.4, 0.5) is 0 Å². The highest BCUT2D eigenvalue weighted by Gasteiger charge is 2.31. The van der Waals surface area contributed by atoms with Crippen molar-refractivity contribution in [2.24, 2.45) is 0 Å². The molecule has 7 heteroatoms. The minimum absolute atomic E-state index is 0.0160. The molecule has 0 spiro atoms. The molecule has 2 N–H and O–H groups in total. The summed E-state index contributed by atoms with van der Waals surface area (Å²) in [4.78, 5) is 25.1. The van der Waals surface area contributed by atoms with Crippen LogP contribution in [0.1, 0.15) is 47.2 Å². The zero-order chi connectivity index (χ0) is 17.1. The second-order valence-corrected chi connectivity index (χ2v) is 7.06. The number of rotatable bonds is 5. The Morgan fingerprint density at radius 1 is 1.50 bits per heavy atom. The van der Waals surface area contributed by atoms with E-state index in [1.54, 1.807) is 11.3 Å². The van der Waals surface area contributed by atoms with Crippen LogP contribution in [0, 0.1) is 13.8 Å². The smallest absolute Gasteiger partial charge is 0.220 e. The van der Waals surface area contributed by atoms with Crippen LogP contribution < -0.4 is 10.6 Å². The summed E-state index contributed by atoms with van der Waals surface area (Å²) < 4.78 is 5.13. The van der Waals surface area contributed by atoms with E-state index >= 15 is 0 Å². The molecule has 2 aromatic heterocycles. The van der Waals surface area contributed by atoms with Crippen molar-refractivity contribution in [3.63, 3.8) is 0 Å². The number of piperidine rings is 1. The Kier molecular flexibility index (Phi) is 4.99. The van der Waals surface area contributed by atoms with Gasteiger partial charge in [-0.05, 0) is 38.1 Å². The highest BCUT2D eigenvalue weighted by molar-refractivity contribution is 7.10. The lowest BCUT2D eigenvalue weighted by Gasteiger charge is -2.32. The molecule has 3 rings (SSSR count). The monoisotopic (exact) mass is 347 g/mol. The summed E-state index contributed by atoms with van der Waals surface area (Å²) in [5.74, 6) is 0.786. The van der Waals surface area contributed by atoms with E-state index in [-0.39, 0.29) is 23.9 Å². The number of amides is 2. The number of nitrogens with one attached hydrogen (secondary N) is 2. The van der Waals surface area contributed by atoms with Crippen molar-refractivity contribution >= 4 is 23.2 Å². The molecule has 6 nitrogen and oxygen atoms in total. The first kappa shape index (κ1) is 16.7. The standard InChI is InChI=1S/C17H21N3O3S/c1-10-12(11(2)23-20-10)5-7-15(21)18-13-6-8-16(22)19-17(13)14-4-3-9-24-14/h3-4,9,13,17H,5-8H2,1-2H3,(H,18,21)(H,19,22)/t13-,17-/m1/s1. The molecule has 1 aliphatic heterocycles. The van der Waals surface area contributed by atoms with Gasteiger partial charge < -0.3 is 15.2 Å². The maximum atomic E-state index is 12.4. The SMILES string of the molecule is Cc1noc(C)c1CCC(=O)N[C@@H]1CCC(=O)N[C@H]1c1cccs1. The van der Waals surface area contributed by atoms with Crippen LogP contribution >= 0.6 is 11.3 Å². The summed E-state index contributed by atoms with van der Waals surface area (Å²) >= 11 is 1.59. The van der Waals surface area contributed by atoms with E-state index in [2.05, 4.69) is 15.8 Å². The van der Waals surface area contributed by atoms with Crippen LogP contribution in [0.2, 0.25) is 0 Å². The van der Waals surface area contributed by atoms with Gasteiger partial charge in [0.1, 0.15) is 5.76 Å². The number of hydrogen-bond donors (Lipinski definition) is 2. The third-order valence-corrected chi connectivity index (χ3v) is 5.34. The number of carbonyl (C=O) groups excluding carboxylic acids is 2. The van der Waals surface area contributed by atoms with Crippen molar-refractivity contribution in [1.29, 1.82) is 0 Å². The molecule has 1 fully saturated rings. The first-order valence-electron chi connectivity index (χ1n) is 8.08. The van der Waals surface area contributed by atoms with Gasteiger partial charge >= 0.3 is 0 Å². The summed E-state index contributed by atoms with van der Waals surface area (Å²) in [5, 5.41) is 12.0. The summed E-state index contributed by atoms with van der Waals surface area (Å²) in [5.41, 5.74) is 1.83. The van der Waals surface area contributed by atoms with Gasteiger partial charge in [0.15, 0.2) is 0 Å². The molecule has 1 saturated heterocycles. The van der Waals surface area contributed by atoms with Gasteiger partial charge in [-0.25, -0.2) is 0 Å². The Morgan fingerprint density at radius 3 is 3.00 bits per heavy atom. The van der Waals surface area contributed by atoms with Crippen molar-refractivity contribution in [3.8, 4) is 0 Å². The minimum atomic E-state index is -0.144. The number of thiophene rings is 1. The quantitative estimate of drug-likeness (QED) is 0.870. The van der Waals surface area contributed by atoms with Crippen molar-refractivity contribution in [3.05, 3.63) is 39.4 Å². The second kappa shape index (κ2) is 7.17. The molecular weight excluding hydrogens is 326 g/mol. The largest absolute Gasteiger partial charge is 0.361 e. The lowest BCUT2D eigenvalue weighted by atomic mass is 9.96. The first-order valence-corrected chi connectivity index (χ1v) is 8.96. The normalized spacial score (nSPS) is 20.7. The minimum Gasteiger partial charge on any atom is -0.361 e. The van der Waals surface area contributed by atoms with Gasteiger partial charge in [0, 0.05) is 23.3 Å². The Labute approximate surface area is 144 Å². The van der Waals surface area contributed by atoms with E-state index in [1.165, 1.54) is 0 Å². The molecular formula is C17H21N3O3S. The van der Waals surface area contributed by atoms with Gasteiger partial charge in [0.25, 0.3) is 0 Å². The molecule has 2 atom stereocenters. The van der Waals surface area contributed by atoms with Crippen LogP contribution in [-0.4, -0.2) is 23.0 Å². The maximum absolute atomic E-state index is 12.4. The Hall–Kier alpha value is -2.15. The van der Waals surface area contributed by atoms with E-state index in [4.69, 9.17) is 4.52 Å². The van der Waals surface area contributed by atoms with E-state index in [1.807, 2.05) is 31.4 Å². The van der Waals surface area contributed by atoms with E-state index in [0.29, 0.717) is 25.7 Å². The fourth-order valence-electron chi connectivity index (χ4n) is 3.07. The van der Waals surface area contributed by atoms with Crippen molar-refractivity contribution in [1.82, 2.24) is 15.8 Å². The van der Waals surface area contributed by atoms with Crippen molar-refractivity contribution in [2.75, 3.05) is 0 Å². The lowest BCUT2D eigenvalue weighted by Crippen LogP contribution is -2.49. The molecule has 0 bridgehead atoms. The third kappa shape index (κ3) is 3.67. The molecule has 1 aliphatic rings. The lowest BCUT2D eigenvalue weighted by molar-refractivity contribution is -0.127. The van der Waals surface area contributed by atoms with Crippen LogP contribution in [-0.2, 0) is 16.0 Å². The predicted octanol–water partition coefficient (Wildman–Crippen LogP) is 2.42. The van der Waals surface area contributed by atoms with Crippen molar-refractivity contribution in [2.45, 2.75) is 51.6 Å². The maximum Gasteiger partial charge on any atom is 0.220 e. The average Bonchev–Trinajstić information content (AvgIpc) is 3.18. The number of nitrogens with zero attached hydrogens (tertiary/aromatic N) is 1. The van der Waals surface area contributed by atoms with Crippen LogP contribution in [0.25, 0.3) is 0 Å². The number of hydrogen-bond acceptors (Lipinski definition) is 5. The fraction of sp³-hybridized carbons (Fsp3) is 0.471. The summed E-state index contributed by atoms with van der Waals surface area (Å²) in [6.45, 7) is 3.74. The van der Waals surface area contributed by atoms with Gasteiger partial charge in [0.05, 0.1) is 17.8 Å². The molecule has 0 aliphatic carbocycles. The number of carbonyl (C=O) groups is 2. The zero-order valence-electron chi connectivity index (χ0n) is 13.8. The highest BCUT2D eigenvalue weighted by Crippen LogP contribution is 2.27. The highest BCUT2D eigenvalue weighted by atomic mass is 32.1. The Morgan fingerprint density at radius 2 is 2.33 bits per heavy atom. The van der Waals surface area contributed by atoms with Gasteiger partial charge in [-0.1, -0.05) is 11.2 Å². The third-order valence-electron chi connectivity index (χ3n) is 4.38. The molecule has 2 amide bonds. The topological polar surface area (TPSA) is 84.2 Å². The van der Waals surface area contributed by atoms with E-state index in [9.17, 15) is 9.59 Å². The molecule has 24 heavy (non-hydrogen) atoms. The van der Waals surface area contributed by atoms with Crippen LogP contribution in [0.5, 0.6) is 0 Å². The summed E-state index contributed by atoms with van der Waals surface area (Å²) in [6, 6.07) is 3.73. The van der Waals surface area contributed by atoms with Crippen LogP contribution in [0.3, 0.4) is 0 Å². The molecule has 0 saturated carbocycles. The summed E-state index contributed by atoms with van der Waals surface area (Å²) in [7, 11) is 0. The Balaban J connectivity index is 1.61.